The monoisotopic (exact) mass is 2070 g/mol. The molecule has 0 aliphatic rings. The van der Waals surface area contributed by atoms with Gasteiger partial charge in [-0.3, -0.25) is 67.3 Å². The SMILES string of the molecule is NCCNC(=O)CCN(CCNC(=O)CCN(CCC(=O)NCCN(CCC(=O)NCCN)CCC(=O)NCCN)C/C(N)=C/N(N)CCCCCCCCCCCSC(SCCCCCCCCCCCN(N)/C=C(\N)CN(CCC(=O)NCCN(CCC(=O)NCCN)CCC(=O)NCCN)CCC(=O)NCCN(CCC(=O)NCCN)CCC(=O)NCCN)c1cc(F)cc(F)c1)CCC(=O)NCCN. The number of carbonyl (C=O) groups excluding carboxylic acids is 12. The Labute approximate surface area is 858 Å². The van der Waals surface area contributed by atoms with Gasteiger partial charge in [0.2, 0.25) is 70.9 Å². The van der Waals surface area contributed by atoms with Crippen molar-refractivity contribution in [3.05, 3.63) is 59.2 Å². The maximum absolute atomic E-state index is 14.6. The van der Waals surface area contributed by atoms with Gasteiger partial charge in [-0.2, -0.15) is 0 Å². The van der Waals surface area contributed by atoms with Crippen LogP contribution in [0.15, 0.2) is 42.0 Å². The third-order valence-electron chi connectivity index (χ3n) is 22.9. The van der Waals surface area contributed by atoms with Crippen molar-refractivity contribution in [2.24, 2.45) is 69.0 Å². The molecule has 1 aromatic rings. The van der Waals surface area contributed by atoms with Crippen molar-refractivity contribution in [3.8, 4) is 0 Å². The predicted octanol–water partition coefficient (Wildman–Crippen LogP) is -3.04. The Hall–Kier alpha value is -8.54. The summed E-state index contributed by atoms with van der Waals surface area (Å²) in [5.41, 5.74) is 59.2. The van der Waals surface area contributed by atoms with Crippen LogP contribution in [0.5, 0.6) is 0 Å². The minimum Gasteiger partial charge on any atom is -0.400 e. The first kappa shape index (κ1) is 132. The van der Waals surface area contributed by atoms with Gasteiger partial charge in [0.1, 0.15) is 11.6 Å². The fraction of sp³-hybridized carbons (Fsp3) is 0.768. The van der Waals surface area contributed by atoms with Gasteiger partial charge in [0.25, 0.3) is 0 Å². The Kier molecular flexibility index (Phi) is 84.2. The molecule has 824 valence electrons. The van der Waals surface area contributed by atoms with Crippen molar-refractivity contribution in [3.63, 3.8) is 0 Å². The lowest BCUT2D eigenvalue weighted by Crippen LogP contribution is -2.41. The number of hydrogen-bond donors (Lipinski definition) is 24. The molecule has 0 unspecified atom stereocenters. The van der Waals surface area contributed by atoms with E-state index in [1.165, 1.54) is 12.1 Å². The Bertz CT molecular complexity index is 3180. The maximum Gasteiger partial charge on any atom is 0.221 e. The highest BCUT2D eigenvalue weighted by Gasteiger charge is 2.22. The van der Waals surface area contributed by atoms with Crippen LogP contribution in [0.25, 0.3) is 0 Å². The standard InChI is InChI=1S/C95H186F2N32O12S2/c96-79-71-78(72-80(97)73-79)95(142-69-17-13-9-5-1-3-7-11-15-51-128(108)76-81(106)74-126(61-27-91(138)118-47-65-122(53-19-83(130)110-39-31-98)54-20-84(131)111-40-32-99)62-28-92(139)119-48-66-123(55-21-85(132)112-41-33-100)56-22-86(133)113-42-34-101)143-70-18-14-10-6-2-4-8-12-16-52-129(109)77-82(107)75-127(63-29-93(140)120-49-67-124(57-23-87(134)114-43-35-102)58-24-88(135)115-44-36-103)64-30-94(141)121-50-68-125(59-25-89(136)116-45-37-104)60-26-90(137)117-46-38-105/h71-73,76-77,95H,1-70,74-75,98-109H2,(H,110,130)(H,111,131)(H,112,132)(H,113,133)(H,114,134)(H,115,135)(H,116,136)(H,117,137)(H,118,138)(H,119,139)(H,120,140)(H,121,141)/b81-76-,82-77-. The van der Waals surface area contributed by atoms with Crippen molar-refractivity contribution in [1.82, 2.24) is 103 Å². The van der Waals surface area contributed by atoms with E-state index in [0.717, 1.165) is 133 Å². The molecule has 12 amide bonds. The van der Waals surface area contributed by atoms with Crippen LogP contribution >= 0.6 is 23.5 Å². The van der Waals surface area contributed by atoms with E-state index in [4.69, 9.17) is 69.0 Å². The highest BCUT2D eigenvalue weighted by Crippen LogP contribution is 2.41. The van der Waals surface area contributed by atoms with E-state index in [1.54, 1.807) is 45.9 Å². The number of nitrogens with zero attached hydrogens (tertiary/aromatic N) is 8. The number of nitrogens with two attached hydrogens (primary N) is 12. The van der Waals surface area contributed by atoms with E-state index < -0.39 is 11.6 Å². The third kappa shape index (κ3) is 80.3. The lowest BCUT2D eigenvalue weighted by atomic mass is 10.1. The number of halogens is 2. The zero-order chi connectivity index (χ0) is 105. The molecule has 48 heteroatoms. The van der Waals surface area contributed by atoms with Crippen molar-refractivity contribution in [2.45, 2.75) is 197 Å². The zero-order valence-electron chi connectivity index (χ0n) is 85.9. The lowest BCUT2D eigenvalue weighted by molar-refractivity contribution is -0.123. The molecular formula is C95H186F2N32O12S2. The molecule has 0 aliphatic heterocycles. The van der Waals surface area contributed by atoms with Crippen LogP contribution in [0.1, 0.15) is 203 Å². The number of hydrazine groups is 2. The molecule has 0 heterocycles. The summed E-state index contributed by atoms with van der Waals surface area (Å²) in [6.45, 7) is 13.1. The van der Waals surface area contributed by atoms with Gasteiger partial charge in [0, 0.05) is 369 Å². The second-order valence-electron chi connectivity index (χ2n) is 35.5. The van der Waals surface area contributed by atoms with Gasteiger partial charge in [-0.05, 0) is 54.9 Å². The molecular weight excluding hydrogens is 1880 g/mol. The second kappa shape index (κ2) is 90.9. The molecule has 0 radical (unpaired) electrons. The van der Waals surface area contributed by atoms with Crippen LogP contribution in [0.4, 0.5) is 8.78 Å². The third-order valence-corrected chi connectivity index (χ3v) is 25.9. The number of thioether (sulfide) groups is 2. The highest BCUT2D eigenvalue weighted by atomic mass is 32.2. The minimum absolute atomic E-state index is 0.0787. The average Bonchev–Trinajstić information content (AvgIpc) is 0.856. The zero-order valence-corrected chi connectivity index (χ0v) is 87.5. The van der Waals surface area contributed by atoms with E-state index in [9.17, 15) is 66.3 Å². The van der Waals surface area contributed by atoms with Crippen LogP contribution in [0, 0.1) is 11.6 Å². The van der Waals surface area contributed by atoms with E-state index in [0.29, 0.717) is 213 Å². The van der Waals surface area contributed by atoms with Crippen molar-refractivity contribution in [2.75, 3.05) is 273 Å². The summed E-state index contributed by atoms with van der Waals surface area (Å²) >= 11 is 3.51. The first-order chi connectivity index (χ1) is 69.1. The fourth-order valence-corrected chi connectivity index (χ4v) is 17.7. The topological polar surface area (TPSA) is 687 Å². The summed E-state index contributed by atoms with van der Waals surface area (Å²) in [7, 11) is 0. The molecule has 0 saturated heterocycles. The van der Waals surface area contributed by atoms with Gasteiger partial charge < -0.3 is 151 Å². The number of nitrogens with one attached hydrogen (secondary N) is 12. The number of benzene rings is 1. The molecule has 0 spiro atoms. The van der Waals surface area contributed by atoms with Crippen molar-refractivity contribution in [1.29, 1.82) is 0 Å². The molecule has 1 rings (SSSR count). The minimum atomic E-state index is -0.578. The Balaban J connectivity index is 2.82. The van der Waals surface area contributed by atoms with Gasteiger partial charge in [-0.25, -0.2) is 20.5 Å². The molecule has 143 heavy (non-hydrogen) atoms. The van der Waals surface area contributed by atoms with E-state index in [1.807, 2.05) is 29.4 Å². The van der Waals surface area contributed by atoms with Crippen LogP contribution in [-0.4, -0.2) is 384 Å². The summed E-state index contributed by atoms with van der Waals surface area (Å²) in [5.74, 6) is 11.2. The van der Waals surface area contributed by atoms with Gasteiger partial charge in [-0.1, -0.05) is 89.9 Å². The largest absolute Gasteiger partial charge is 0.400 e. The number of amides is 12. The van der Waals surface area contributed by atoms with E-state index >= 15 is 0 Å². The molecule has 0 bridgehead atoms. The van der Waals surface area contributed by atoms with Crippen LogP contribution < -0.4 is 133 Å². The molecule has 0 fully saturated rings. The molecule has 0 aromatic heterocycles. The predicted molar refractivity (Wildman–Crippen MR) is 566 cm³/mol. The highest BCUT2D eigenvalue weighted by molar-refractivity contribution is 8.16. The van der Waals surface area contributed by atoms with Crippen LogP contribution in [0.3, 0.4) is 0 Å². The summed E-state index contributed by atoms with van der Waals surface area (Å²) in [5, 5.41) is 37.0. The first-order valence-electron chi connectivity index (χ1n) is 51.9. The number of unbranched alkanes of at least 4 members (excludes halogenated alkanes) is 16. The van der Waals surface area contributed by atoms with Crippen molar-refractivity contribution < 1.29 is 66.3 Å². The molecule has 0 aliphatic carbocycles. The summed E-state index contributed by atoms with van der Waals surface area (Å²) in [4.78, 5) is 165. The molecule has 44 nitrogen and oxygen atoms in total. The van der Waals surface area contributed by atoms with E-state index in [2.05, 4.69) is 63.8 Å². The van der Waals surface area contributed by atoms with Gasteiger partial charge in [-0.15, -0.1) is 23.5 Å². The molecule has 0 atom stereocenters. The van der Waals surface area contributed by atoms with Gasteiger partial charge in [0.15, 0.2) is 0 Å². The fourth-order valence-electron chi connectivity index (χ4n) is 14.9. The normalized spacial score (nSPS) is 11.9. The van der Waals surface area contributed by atoms with Crippen molar-refractivity contribution >= 4 is 94.4 Å². The second-order valence-corrected chi connectivity index (χ2v) is 38.2. The maximum atomic E-state index is 14.6. The van der Waals surface area contributed by atoms with Crippen LogP contribution in [-0.2, 0) is 57.5 Å². The first-order valence-corrected chi connectivity index (χ1v) is 54.0. The number of rotatable bonds is 97. The Morgan fingerprint density at radius 2 is 0.420 bits per heavy atom. The summed E-state index contributed by atoms with van der Waals surface area (Å²) in [6.07, 6.45) is 23.7. The quantitative estimate of drug-likeness (QED) is 0.0133. The Morgan fingerprint density at radius 3 is 0.615 bits per heavy atom. The van der Waals surface area contributed by atoms with Gasteiger partial charge in [0.05, 0.1) is 4.58 Å². The molecule has 36 N–H and O–H groups in total. The molecule has 1 aromatic carbocycles. The number of hydrogen-bond acceptors (Lipinski definition) is 34. The Morgan fingerprint density at radius 1 is 0.245 bits per heavy atom. The average molecular weight is 2070 g/mol. The lowest BCUT2D eigenvalue weighted by Gasteiger charge is -2.24. The van der Waals surface area contributed by atoms with E-state index in [-0.39, 0.29) is 218 Å². The molecule has 0 saturated carbocycles. The van der Waals surface area contributed by atoms with Crippen LogP contribution in [0.2, 0.25) is 0 Å². The van der Waals surface area contributed by atoms with Gasteiger partial charge >= 0.3 is 0 Å². The number of carbonyl (C=O) groups is 12. The summed E-state index contributed by atoms with van der Waals surface area (Å²) < 4.78 is 29.1. The smallest absolute Gasteiger partial charge is 0.221 e. The summed E-state index contributed by atoms with van der Waals surface area (Å²) in [6, 6.07) is 3.82.